The second-order valence-corrected chi connectivity index (χ2v) is 7.13. The average Bonchev–Trinajstić information content (AvgIpc) is 2.69. The van der Waals surface area contributed by atoms with Crippen LogP contribution in [0.5, 0.6) is 5.75 Å². The summed E-state index contributed by atoms with van der Waals surface area (Å²) >= 11 is 0. The predicted molar refractivity (Wildman–Crippen MR) is 111 cm³/mol. The average molecular weight is 383 g/mol. The van der Waals surface area contributed by atoms with Crippen molar-refractivity contribution in [1.82, 2.24) is 0 Å². The van der Waals surface area contributed by atoms with E-state index in [1.807, 2.05) is 19.1 Å². The van der Waals surface area contributed by atoms with Gasteiger partial charge in [-0.15, -0.1) is 0 Å². The van der Waals surface area contributed by atoms with E-state index in [2.05, 4.69) is 5.32 Å². The Labute approximate surface area is 165 Å². The molecule has 0 unspecified atom stereocenters. The van der Waals surface area contributed by atoms with E-state index in [9.17, 15) is 14.7 Å². The van der Waals surface area contributed by atoms with Gasteiger partial charge in [0.15, 0.2) is 11.3 Å². The topological polar surface area (TPSA) is 118 Å². The van der Waals surface area contributed by atoms with Gasteiger partial charge < -0.3 is 21.9 Å². The number of anilines is 1. The number of phenolic OH excluding ortho intramolecular Hbond substituents is 1. The number of ketones is 1. The van der Waals surface area contributed by atoms with Gasteiger partial charge in [-0.1, -0.05) is 29.8 Å². The van der Waals surface area contributed by atoms with Crippen LogP contribution in [0.4, 0.5) is 5.69 Å². The highest BCUT2D eigenvalue weighted by Gasteiger charge is 2.40. The number of unbranched alkanes of at least 4 members (excludes halogenated alkanes) is 1. The van der Waals surface area contributed by atoms with Gasteiger partial charge in [0.25, 0.3) is 5.91 Å². The molecule has 2 aromatic rings. The highest BCUT2D eigenvalue weighted by molar-refractivity contribution is 6.15. The van der Waals surface area contributed by atoms with Gasteiger partial charge in [0, 0.05) is 12.1 Å². The third-order valence-electron chi connectivity index (χ3n) is 4.81. The van der Waals surface area contributed by atoms with E-state index in [0.717, 1.165) is 11.1 Å². The monoisotopic (exact) mass is 383 g/mol. The highest BCUT2D eigenvalue weighted by atomic mass is 16.3. The van der Waals surface area contributed by atoms with Gasteiger partial charge >= 0.3 is 0 Å². The quantitative estimate of drug-likeness (QED) is 0.371. The van der Waals surface area contributed by atoms with Crippen molar-refractivity contribution >= 4 is 17.4 Å². The number of carbonyl (C=O) groups is 2. The van der Waals surface area contributed by atoms with E-state index in [1.54, 1.807) is 36.4 Å². The van der Waals surface area contributed by atoms with Crippen LogP contribution in [0.15, 0.2) is 48.5 Å². The first-order valence-electron chi connectivity index (χ1n) is 9.53. The summed E-state index contributed by atoms with van der Waals surface area (Å²) in [6.45, 7) is 2.44. The zero-order chi connectivity index (χ0) is 20.6. The van der Waals surface area contributed by atoms with Gasteiger partial charge in [0.2, 0.25) is 0 Å². The van der Waals surface area contributed by atoms with Gasteiger partial charge in [0.1, 0.15) is 5.75 Å². The largest absolute Gasteiger partial charge is 0.508 e. The van der Waals surface area contributed by atoms with Crippen LogP contribution in [0.2, 0.25) is 0 Å². The summed E-state index contributed by atoms with van der Waals surface area (Å²) < 4.78 is 0. The Kier molecular flexibility index (Phi) is 7.72. The van der Waals surface area contributed by atoms with Crippen LogP contribution in [0, 0.1) is 6.92 Å². The first-order valence-corrected chi connectivity index (χ1v) is 9.53. The lowest BCUT2D eigenvalue weighted by Gasteiger charge is -2.27. The fourth-order valence-electron chi connectivity index (χ4n) is 2.95. The maximum atomic E-state index is 12.9. The van der Waals surface area contributed by atoms with Crippen molar-refractivity contribution in [1.29, 1.82) is 0 Å². The molecule has 150 valence electrons. The summed E-state index contributed by atoms with van der Waals surface area (Å²) in [6.07, 6.45) is 2.13. The van der Waals surface area contributed by atoms with Crippen molar-refractivity contribution in [3.63, 3.8) is 0 Å². The third kappa shape index (κ3) is 5.90. The molecule has 6 heteroatoms. The molecule has 0 spiro atoms. The molecule has 6 N–H and O–H groups in total. The molecular weight excluding hydrogens is 354 g/mol. The highest BCUT2D eigenvalue weighted by Crippen LogP contribution is 2.20. The van der Waals surface area contributed by atoms with Crippen LogP contribution in [-0.4, -0.2) is 28.9 Å². The first kappa shape index (κ1) is 21.6. The SMILES string of the molecule is Cc1ccc(NC(=O)[C@](N)(CCCCN)C(=O)CCc2ccc(O)cc2)cc1. The van der Waals surface area contributed by atoms with E-state index in [-0.39, 0.29) is 24.4 Å². The fraction of sp³-hybridized carbons (Fsp3) is 0.364. The van der Waals surface area contributed by atoms with Crippen molar-refractivity contribution in [3.8, 4) is 5.75 Å². The summed E-state index contributed by atoms with van der Waals surface area (Å²) in [5.41, 5.74) is 12.9. The van der Waals surface area contributed by atoms with Crippen LogP contribution in [0.3, 0.4) is 0 Å². The fourth-order valence-corrected chi connectivity index (χ4v) is 2.95. The molecule has 2 aromatic carbocycles. The van der Waals surface area contributed by atoms with Gasteiger partial charge in [-0.05, 0) is 69.0 Å². The van der Waals surface area contributed by atoms with Crippen LogP contribution >= 0.6 is 0 Å². The van der Waals surface area contributed by atoms with Crippen molar-refractivity contribution in [2.75, 3.05) is 11.9 Å². The number of hydrogen-bond acceptors (Lipinski definition) is 5. The van der Waals surface area contributed by atoms with Gasteiger partial charge in [-0.3, -0.25) is 9.59 Å². The van der Waals surface area contributed by atoms with Gasteiger partial charge in [0.05, 0.1) is 0 Å². The molecule has 0 radical (unpaired) electrons. The molecule has 0 saturated heterocycles. The van der Waals surface area contributed by atoms with E-state index in [4.69, 9.17) is 11.5 Å². The third-order valence-corrected chi connectivity index (χ3v) is 4.81. The zero-order valence-corrected chi connectivity index (χ0v) is 16.3. The van der Waals surface area contributed by atoms with Crippen LogP contribution in [0.25, 0.3) is 0 Å². The Morgan fingerprint density at radius 1 is 1.04 bits per heavy atom. The summed E-state index contributed by atoms with van der Waals surface area (Å²) in [7, 11) is 0. The summed E-state index contributed by atoms with van der Waals surface area (Å²) in [6, 6.07) is 14.0. The summed E-state index contributed by atoms with van der Waals surface area (Å²) in [4.78, 5) is 25.8. The molecule has 0 heterocycles. The number of benzene rings is 2. The smallest absolute Gasteiger partial charge is 0.252 e. The van der Waals surface area contributed by atoms with Crippen molar-refractivity contribution in [2.24, 2.45) is 11.5 Å². The second-order valence-electron chi connectivity index (χ2n) is 7.13. The first-order chi connectivity index (χ1) is 13.3. The lowest BCUT2D eigenvalue weighted by Crippen LogP contribution is -2.57. The molecule has 0 aliphatic heterocycles. The van der Waals surface area contributed by atoms with E-state index in [1.165, 1.54) is 0 Å². The molecule has 0 bridgehead atoms. The molecule has 28 heavy (non-hydrogen) atoms. The minimum atomic E-state index is -1.60. The number of rotatable bonds is 10. The molecule has 0 aliphatic rings. The van der Waals surface area contributed by atoms with E-state index in [0.29, 0.717) is 31.5 Å². The summed E-state index contributed by atoms with van der Waals surface area (Å²) in [5, 5.41) is 12.1. The normalized spacial score (nSPS) is 13.0. The lowest BCUT2D eigenvalue weighted by atomic mass is 9.85. The second kappa shape index (κ2) is 10.0. The van der Waals surface area contributed by atoms with E-state index < -0.39 is 11.4 Å². The number of hydrogen-bond donors (Lipinski definition) is 4. The molecule has 0 saturated carbocycles. The zero-order valence-electron chi connectivity index (χ0n) is 16.3. The molecule has 1 amide bonds. The number of nitrogens with one attached hydrogen (secondary N) is 1. The number of aryl methyl sites for hydroxylation is 2. The minimum Gasteiger partial charge on any atom is -0.508 e. The Morgan fingerprint density at radius 2 is 1.68 bits per heavy atom. The Morgan fingerprint density at radius 3 is 2.29 bits per heavy atom. The Bertz CT molecular complexity index is 788. The van der Waals surface area contributed by atoms with Crippen molar-refractivity contribution in [3.05, 3.63) is 59.7 Å². The van der Waals surface area contributed by atoms with Crippen LogP contribution < -0.4 is 16.8 Å². The van der Waals surface area contributed by atoms with Crippen molar-refractivity contribution in [2.45, 2.75) is 44.6 Å². The number of aromatic hydroxyl groups is 1. The Balaban J connectivity index is 2.10. The number of carbonyl (C=O) groups excluding carboxylic acids is 2. The van der Waals surface area contributed by atoms with Gasteiger partial charge in [-0.2, -0.15) is 0 Å². The molecule has 1 atom stereocenters. The van der Waals surface area contributed by atoms with Crippen LogP contribution in [0.1, 0.15) is 36.8 Å². The van der Waals surface area contributed by atoms with E-state index >= 15 is 0 Å². The van der Waals surface area contributed by atoms with Crippen molar-refractivity contribution < 1.29 is 14.7 Å². The lowest BCUT2D eigenvalue weighted by molar-refractivity contribution is -0.133. The Hall–Kier alpha value is -2.70. The molecule has 6 nitrogen and oxygen atoms in total. The van der Waals surface area contributed by atoms with Gasteiger partial charge in [-0.25, -0.2) is 0 Å². The van der Waals surface area contributed by atoms with Crippen LogP contribution in [-0.2, 0) is 16.0 Å². The number of nitrogens with two attached hydrogens (primary N) is 2. The number of phenols is 1. The minimum absolute atomic E-state index is 0.144. The molecule has 0 fully saturated rings. The maximum absolute atomic E-state index is 12.9. The maximum Gasteiger partial charge on any atom is 0.252 e. The predicted octanol–water partition coefficient (Wildman–Crippen LogP) is 2.67. The molecule has 0 aromatic heterocycles. The number of amides is 1. The molecule has 2 rings (SSSR count). The molecular formula is C22H29N3O3. The summed E-state index contributed by atoms with van der Waals surface area (Å²) in [5.74, 6) is -0.631. The molecule has 0 aliphatic carbocycles. The number of Topliss-reactive ketones (excluding diaryl/α,β-unsaturated/α-hetero) is 1. The standard InChI is InChI=1S/C22H29N3O3/c1-16-4-9-18(10-5-16)25-21(28)22(24,14-2-3-15-23)20(27)13-8-17-6-11-19(26)12-7-17/h4-7,9-12,26H,2-3,8,13-15,23-24H2,1H3,(H,25,28)/t22-/m0/s1.